The lowest BCUT2D eigenvalue weighted by atomic mass is 9.89. The van der Waals surface area contributed by atoms with Gasteiger partial charge in [-0.05, 0) is 26.2 Å². The van der Waals surface area contributed by atoms with Gasteiger partial charge >= 0.3 is 0 Å². The molecule has 0 aromatic carbocycles. The summed E-state index contributed by atoms with van der Waals surface area (Å²) < 4.78 is 0. The molecule has 2 fully saturated rings. The number of hydrogen-bond acceptors (Lipinski definition) is 3. The fourth-order valence-electron chi connectivity index (χ4n) is 2.33. The minimum absolute atomic E-state index is 0.111. The Labute approximate surface area is 95.1 Å². The summed E-state index contributed by atoms with van der Waals surface area (Å²) in [5.41, 5.74) is 10.1. The van der Waals surface area contributed by atoms with Gasteiger partial charge in [0.15, 0.2) is 0 Å². The van der Waals surface area contributed by atoms with E-state index in [1.807, 2.05) is 6.92 Å². The Bertz CT molecular complexity index is 338. The molecule has 1 saturated carbocycles. The normalized spacial score (nSPS) is 31.5. The van der Waals surface area contributed by atoms with E-state index in [0.29, 0.717) is 26.1 Å². The minimum Gasteiger partial charge on any atom is -0.369 e. The predicted octanol–water partition coefficient (Wildman–Crippen LogP) is -0.551. The lowest BCUT2D eigenvalue weighted by Gasteiger charge is -2.24. The van der Waals surface area contributed by atoms with Crippen LogP contribution in [0.25, 0.3) is 0 Å². The Morgan fingerprint density at radius 3 is 2.31 bits per heavy atom. The molecule has 0 aromatic heterocycles. The van der Waals surface area contributed by atoms with E-state index < -0.39 is 5.41 Å². The van der Waals surface area contributed by atoms with E-state index >= 15 is 0 Å². The second-order valence-corrected chi connectivity index (χ2v) is 5.39. The minimum atomic E-state index is -0.555. The van der Waals surface area contributed by atoms with Crippen molar-refractivity contribution in [1.29, 1.82) is 0 Å². The van der Waals surface area contributed by atoms with E-state index in [-0.39, 0.29) is 17.2 Å². The molecule has 1 aliphatic heterocycles. The first-order valence-electron chi connectivity index (χ1n) is 5.73. The zero-order valence-electron chi connectivity index (χ0n) is 9.66. The molecule has 4 N–H and O–H groups in total. The molecule has 1 saturated heterocycles. The molecule has 90 valence electrons. The van der Waals surface area contributed by atoms with Crippen LogP contribution >= 0.6 is 0 Å². The highest BCUT2D eigenvalue weighted by Gasteiger charge is 2.53. The Kier molecular flexibility index (Phi) is 2.45. The number of likely N-dealkylation sites (tertiary alicyclic amines) is 1. The standard InChI is InChI=1S/C11H19N3O2/c1-10(8(13)15)4-5-14(7-10)9(16)11(6-12)2-3-11/h2-7,12H2,1H3,(H2,13,15). The summed E-state index contributed by atoms with van der Waals surface area (Å²) in [6.07, 6.45) is 2.42. The lowest BCUT2D eigenvalue weighted by Crippen LogP contribution is -2.42. The van der Waals surface area contributed by atoms with Crippen molar-refractivity contribution in [2.45, 2.75) is 26.2 Å². The fraction of sp³-hybridized carbons (Fsp3) is 0.818. The molecule has 0 bridgehead atoms. The quantitative estimate of drug-likeness (QED) is 0.675. The maximum Gasteiger partial charge on any atom is 0.230 e. The maximum absolute atomic E-state index is 12.2. The number of carbonyl (C=O) groups is 2. The smallest absolute Gasteiger partial charge is 0.230 e. The van der Waals surface area contributed by atoms with Crippen LogP contribution in [-0.4, -0.2) is 36.3 Å². The van der Waals surface area contributed by atoms with Gasteiger partial charge < -0.3 is 16.4 Å². The van der Waals surface area contributed by atoms with Gasteiger partial charge in [0.05, 0.1) is 10.8 Å². The summed E-state index contributed by atoms with van der Waals surface area (Å²) in [6.45, 7) is 3.31. The highest BCUT2D eigenvalue weighted by molar-refractivity contribution is 5.88. The van der Waals surface area contributed by atoms with E-state index in [9.17, 15) is 9.59 Å². The number of nitrogens with zero attached hydrogens (tertiary/aromatic N) is 1. The molecule has 0 radical (unpaired) electrons. The van der Waals surface area contributed by atoms with E-state index in [2.05, 4.69) is 0 Å². The van der Waals surface area contributed by atoms with Crippen molar-refractivity contribution in [2.75, 3.05) is 19.6 Å². The Hall–Kier alpha value is -1.10. The van der Waals surface area contributed by atoms with Gasteiger partial charge in [0.2, 0.25) is 11.8 Å². The summed E-state index contributed by atoms with van der Waals surface area (Å²) >= 11 is 0. The van der Waals surface area contributed by atoms with Crippen LogP contribution in [0.5, 0.6) is 0 Å². The van der Waals surface area contributed by atoms with Crippen molar-refractivity contribution in [3.8, 4) is 0 Å². The van der Waals surface area contributed by atoms with Gasteiger partial charge in [-0.2, -0.15) is 0 Å². The van der Waals surface area contributed by atoms with E-state index in [0.717, 1.165) is 12.8 Å². The van der Waals surface area contributed by atoms with Gasteiger partial charge in [-0.15, -0.1) is 0 Å². The zero-order chi connectivity index (χ0) is 12.0. The third-order valence-corrected chi connectivity index (χ3v) is 4.05. The third kappa shape index (κ3) is 1.59. The second kappa shape index (κ2) is 3.45. The average Bonchev–Trinajstić information content (AvgIpc) is 2.95. The highest BCUT2D eigenvalue weighted by Crippen LogP contribution is 2.47. The molecule has 2 amide bonds. The van der Waals surface area contributed by atoms with Gasteiger partial charge in [-0.3, -0.25) is 9.59 Å². The molecular formula is C11H19N3O2. The molecule has 16 heavy (non-hydrogen) atoms. The van der Waals surface area contributed by atoms with Gasteiger partial charge in [0.1, 0.15) is 0 Å². The number of nitrogens with two attached hydrogens (primary N) is 2. The van der Waals surface area contributed by atoms with Gasteiger partial charge in [0, 0.05) is 19.6 Å². The monoisotopic (exact) mass is 225 g/mol. The van der Waals surface area contributed by atoms with Crippen LogP contribution in [0, 0.1) is 10.8 Å². The number of amides is 2. The van der Waals surface area contributed by atoms with Crippen LogP contribution < -0.4 is 11.5 Å². The first kappa shape index (κ1) is 11.4. The van der Waals surface area contributed by atoms with Crippen LogP contribution in [-0.2, 0) is 9.59 Å². The predicted molar refractivity (Wildman–Crippen MR) is 59.2 cm³/mol. The van der Waals surface area contributed by atoms with Crippen LogP contribution in [0.3, 0.4) is 0 Å². The first-order chi connectivity index (χ1) is 7.43. The molecule has 5 heteroatoms. The largest absolute Gasteiger partial charge is 0.369 e. The summed E-state index contributed by atoms with van der Waals surface area (Å²) in [5, 5.41) is 0. The van der Waals surface area contributed by atoms with Crippen molar-refractivity contribution in [1.82, 2.24) is 4.90 Å². The first-order valence-corrected chi connectivity index (χ1v) is 5.73. The molecule has 1 atom stereocenters. The fourth-order valence-corrected chi connectivity index (χ4v) is 2.33. The Morgan fingerprint density at radius 1 is 1.31 bits per heavy atom. The van der Waals surface area contributed by atoms with Crippen molar-refractivity contribution >= 4 is 11.8 Å². The Balaban J connectivity index is 2.04. The molecule has 5 nitrogen and oxygen atoms in total. The summed E-state index contributed by atoms with van der Waals surface area (Å²) in [6, 6.07) is 0. The second-order valence-electron chi connectivity index (χ2n) is 5.39. The molecule has 2 aliphatic rings. The lowest BCUT2D eigenvalue weighted by molar-refractivity contribution is -0.136. The average molecular weight is 225 g/mol. The third-order valence-electron chi connectivity index (χ3n) is 4.05. The van der Waals surface area contributed by atoms with E-state index in [4.69, 9.17) is 11.5 Å². The van der Waals surface area contributed by atoms with E-state index in [1.54, 1.807) is 4.90 Å². The van der Waals surface area contributed by atoms with Crippen molar-refractivity contribution < 1.29 is 9.59 Å². The van der Waals surface area contributed by atoms with Crippen molar-refractivity contribution in [3.05, 3.63) is 0 Å². The summed E-state index contributed by atoms with van der Waals surface area (Å²) in [5.74, 6) is -0.208. The summed E-state index contributed by atoms with van der Waals surface area (Å²) in [7, 11) is 0. The number of primary amides is 1. The number of carbonyl (C=O) groups excluding carboxylic acids is 2. The van der Waals surface area contributed by atoms with Crippen molar-refractivity contribution in [3.63, 3.8) is 0 Å². The number of hydrogen-bond donors (Lipinski definition) is 2. The Morgan fingerprint density at radius 2 is 1.94 bits per heavy atom. The molecule has 1 heterocycles. The van der Waals surface area contributed by atoms with Crippen molar-refractivity contribution in [2.24, 2.45) is 22.3 Å². The van der Waals surface area contributed by atoms with Crippen LogP contribution in [0.2, 0.25) is 0 Å². The zero-order valence-corrected chi connectivity index (χ0v) is 9.66. The molecular weight excluding hydrogens is 206 g/mol. The van der Waals surface area contributed by atoms with Gasteiger partial charge in [0.25, 0.3) is 0 Å². The molecule has 2 rings (SSSR count). The van der Waals surface area contributed by atoms with E-state index in [1.165, 1.54) is 0 Å². The van der Waals surface area contributed by atoms with Crippen LogP contribution in [0.4, 0.5) is 0 Å². The highest BCUT2D eigenvalue weighted by atomic mass is 16.2. The topological polar surface area (TPSA) is 89.4 Å². The molecule has 0 spiro atoms. The molecule has 1 unspecified atom stereocenters. The molecule has 1 aliphatic carbocycles. The van der Waals surface area contributed by atoms with Gasteiger partial charge in [-0.25, -0.2) is 0 Å². The SMILES string of the molecule is CC1(C(N)=O)CCN(C(=O)C2(CN)CC2)C1. The number of rotatable bonds is 3. The summed E-state index contributed by atoms with van der Waals surface area (Å²) in [4.78, 5) is 25.2. The molecule has 0 aromatic rings. The maximum atomic E-state index is 12.2. The van der Waals surface area contributed by atoms with Crippen LogP contribution in [0.1, 0.15) is 26.2 Å². The van der Waals surface area contributed by atoms with Crippen LogP contribution in [0.15, 0.2) is 0 Å². The van der Waals surface area contributed by atoms with Gasteiger partial charge in [-0.1, -0.05) is 0 Å².